The number of hydrogen-bond acceptors (Lipinski definition) is 5. The van der Waals surface area contributed by atoms with Crippen LogP contribution in [0.2, 0.25) is 0 Å². The van der Waals surface area contributed by atoms with Gasteiger partial charge in [0.2, 0.25) is 0 Å². The first-order chi connectivity index (χ1) is 14.0. The number of amides is 1. The van der Waals surface area contributed by atoms with E-state index in [4.69, 9.17) is 20.3 Å². The highest BCUT2D eigenvalue weighted by Crippen LogP contribution is 2.36. The van der Waals surface area contributed by atoms with Crippen molar-refractivity contribution in [1.82, 2.24) is 5.43 Å². The van der Waals surface area contributed by atoms with Crippen molar-refractivity contribution in [2.45, 2.75) is 6.92 Å². The lowest BCUT2D eigenvalue weighted by molar-refractivity contribution is 0.0929. The molecule has 3 aromatic rings. The molecule has 29 heavy (non-hydrogen) atoms. The summed E-state index contributed by atoms with van der Waals surface area (Å²) in [7, 11) is 0. The number of benzene rings is 2. The standard InChI is InChI=1S/C21H16Br2N2O4/c1-3-7-28-20-16(23)8-13(9-18(20)27-4-2)12-24-25-21(26)19-11-14-10-15(22)5-6-17(14)29-19/h1,5-6,8-12H,4,7H2,2H3,(H,25,26)/b24-12+. The molecule has 1 N–H and O–H groups in total. The number of ether oxygens (including phenoxy) is 2. The van der Waals surface area contributed by atoms with Gasteiger partial charge in [-0.15, -0.1) is 6.42 Å². The highest BCUT2D eigenvalue weighted by molar-refractivity contribution is 9.10. The maximum atomic E-state index is 12.3. The van der Waals surface area contributed by atoms with Crippen LogP contribution in [0.3, 0.4) is 0 Å². The minimum Gasteiger partial charge on any atom is -0.490 e. The van der Waals surface area contributed by atoms with Crippen LogP contribution in [0.5, 0.6) is 11.5 Å². The molecule has 0 spiro atoms. The first-order valence-corrected chi connectivity index (χ1v) is 10.2. The number of terminal acetylenes is 1. The Morgan fingerprint density at radius 2 is 2.10 bits per heavy atom. The molecule has 0 aliphatic carbocycles. The molecule has 1 heterocycles. The van der Waals surface area contributed by atoms with E-state index < -0.39 is 5.91 Å². The van der Waals surface area contributed by atoms with E-state index in [0.29, 0.717) is 33.7 Å². The van der Waals surface area contributed by atoms with Crippen molar-refractivity contribution in [1.29, 1.82) is 0 Å². The molecule has 0 saturated carbocycles. The van der Waals surface area contributed by atoms with Crippen molar-refractivity contribution in [2.24, 2.45) is 5.10 Å². The maximum Gasteiger partial charge on any atom is 0.307 e. The number of carbonyl (C=O) groups is 1. The zero-order chi connectivity index (χ0) is 20.8. The summed E-state index contributed by atoms with van der Waals surface area (Å²) < 4.78 is 18.2. The van der Waals surface area contributed by atoms with Gasteiger partial charge in [0, 0.05) is 9.86 Å². The smallest absolute Gasteiger partial charge is 0.307 e. The van der Waals surface area contributed by atoms with Crippen LogP contribution in [0.4, 0.5) is 0 Å². The Morgan fingerprint density at radius 1 is 1.28 bits per heavy atom. The van der Waals surface area contributed by atoms with Gasteiger partial charge in [-0.05, 0) is 64.8 Å². The molecule has 8 heteroatoms. The Hall–Kier alpha value is -2.76. The Balaban J connectivity index is 1.74. The SMILES string of the molecule is C#CCOc1c(Br)cc(/C=N/NC(=O)c2cc3cc(Br)ccc3o2)cc1OCC. The third-order valence-corrected chi connectivity index (χ3v) is 4.80. The van der Waals surface area contributed by atoms with E-state index in [9.17, 15) is 4.79 Å². The number of carbonyl (C=O) groups excluding carboxylic acids is 1. The van der Waals surface area contributed by atoms with E-state index in [-0.39, 0.29) is 12.4 Å². The van der Waals surface area contributed by atoms with Crippen LogP contribution >= 0.6 is 31.9 Å². The molecule has 0 bridgehead atoms. The topological polar surface area (TPSA) is 73.1 Å². The van der Waals surface area contributed by atoms with Gasteiger partial charge in [-0.2, -0.15) is 5.10 Å². The molecule has 6 nitrogen and oxygen atoms in total. The molecule has 3 rings (SSSR count). The van der Waals surface area contributed by atoms with Gasteiger partial charge in [0.15, 0.2) is 17.3 Å². The Morgan fingerprint density at radius 3 is 2.86 bits per heavy atom. The summed E-state index contributed by atoms with van der Waals surface area (Å²) >= 11 is 6.83. The fourth-order valence-corrected chi connectivity index (χ4v) is 3.48. The summed E-state index contributed by atoms with van der Waals surface area (Å²) in [4.78, 5) is 12.3. The fourth-order valence-electron chi connectivity index (χ4n) is 2.53. The Labute approximate surface area is 184 Å². The minimum atomic E-state index is -0.452. The lowest BCUT2D eigenvalue weighted by atomic mass is 10.2. The Kier molecular flexibility index (Phi) is 6.96. The van der Waals surface area contributed by atoms with Gasteiger partial charge in [0.05, 0.1) is 17.3 Å². The van der Waals surface area contributed by atoms with E-state index in [1.165, 1.54) is 6.21 Å². The van der Waals surface area contributed by atoms with Crippen molar-refractivity contribution in [3.8, 4) is 23.8 Å². The molecule has 0 unspecified atom stereocenters. The number of hydrazone groups is 1. The van der Waals surface area contributed by atoms with E-state index in [1.807, 2.05) is 19.1 Å². The van der Waals surface area contributed by atoms with Crippen LogP contribution in [-0.4, -0.2) is 25.3 Å². The van der Waals surface area contributed by atoms with Gasteiger partial charge in [-0.1, -0.05) is 21.9 Å². The van der Waals surface area contributed by atoms with Crippen LogP contribution in [0.25, 0.3) is 11.0 Å². The van der Waals surface area contributed by atoms with E-state index in [1.54, 1.807) is 24.3 Å². The summed E-state index contributed by atoms with van der Waals surface area (Å²) in [6.07, 6.45) is 6.75. The highest BCUT2D eigenvalue weighted by atomic mass is 79.9. The van der Waals surface area contributed by atoms with Crippen LogP contribution in [-0.2, 0) is 0 Å². The van der Waals surface area contributed by atoms with Crippen LogP contribution in [0, 0.1) is 12.3 Å². The summed E-state index contributed by atoms with van der Waals surface area (Å²) in [6, 6.07) is 10.7. The first kappa shape index (κ1) is 21.0. The van der Waals surface area contributed by atoms with E-state index >= 15 is 0 Å². The van der Waals surface area contributed by atoms with Crippen LogP contribution < -0.4 is 14.9 Å². The predicted octanol–water partition coefficient (Wildman–Crippen LogP) is 5.13. The number of rotatable bonds is 7. The third-order valence-electron chi connectivity index (χ3n) is 3.71. The normalized spacial score (nSPS) is 10.8. The second-order valence-electron chi connectivity index (χ2n) is 5.75. The van der Waals surface area contributed by atoms with Gasteiger partial charge in [-0.25, -0.2) is 5.43 Å². The first-order valence-electron chi connectivity index (χ1n) is 8.57. The molecule has 1 amide bonds. The average molecular weight is 520 g/mol. The molecule has 0 radical (unpaired) electrons. The summed E-state index contributed by atoms with van der Waals surface area (Å²) in [5.74, 6) is 3.17. The lowest BCUT2D eigenvalue weighted by Crippen LogP contribution is -2.16. The molecule has 0 atom stereocenters. The van der Waals surface area contributed by atoms with Gasteiger partial charge in [0.25, 0.3) is 0 Å². The van der Waals surface area contributed by atoms with Crippen molar-refractivity contribution >= 4 is 55.0 Å². The minimum absolute atomic E-state index is 0.121. The highest BCUT2D eigenvalue weighted by Gasteiger charge is 2.13. The zero-order valence-corrected chi connectivity index (χ0v) is 18.5. The largest absolute Gasteiger partial charge is 0.490 e. The van der Waals surface area contributed by atoms with Gasteiger partial charge >= 0.3 is 5.91 Å². The molecule has 148 valence electrons. The molecule has 0 fully saturated rings. The molecule has 1 aromatic heterocycles. The van der Waals surface area contributed by atoms with E-state index in [0.717, 1.165) is 9.86 Å². The molecule has 0 saturated heterocycles. The van der Waals surface area contributed by atoms with Crippen LogP contribution in [0.15, 0.2) is 54.9 Å². The summed E-state index contributed by atoms with van der Waals surface area (Å²) in [5, 5.41) is 4.82. The molecule has 0 aliphatic heterocycles. The lowest BCUT2D eigenvalue weighted by Gasteiger charge is -2.13. The Bertz CT molecular complexity index is 1120. The number of halogens is 2. The molecule has 2 aromatic carbocycles. The average Bonchev–Trinajstić information content (AvgIpc) is 3.11. The monoisotopic (exact) mass is 518 g/mol. The molecular formula is C21H16Br2N2O4. The number of fused-ring (bicyclic) bond motifs is 1. The second kappa shape index (κ2) is 9.63. The van der Waals surface area contributed by atoms with E-state index in [2.05, 4.69) is 48.3 Å². The second-order valence-corrected chi connectivity index (χ2v) is 7.52. The fraction of sp³-hybridized carbons (Fsp3) is 0.143. The molecular weight excluding hydrogens is 504 g/mol. The van der Waals surface area contributed by atoms with Crippen LogP contribution in [0.1, 0.15) is 23.0 Å². The number of nitrogens with one attached hydrogen (secondary N) is 1. The van der Waals surface area contributed by atoms with Crippen molar-refractivity contribution in [2.75, 3.05) is 13.2 Å². The third kappa shape index (κ3) is 5.19. The van der Waals surface area contributed by atoms with Crippen molar-refractivity contribution in [3.63, 3.8) is 0 Å². The zero-order valence-electron chi connectivity index (χ0n) is 15.4. The predicted molar refractivity (Wildman–Crippen MR) is 119 cm³/mol. The van der Waals surface area contributed by atoms with Gasteiger partial charge in [0.1, 0.15) is 12.2 Å². The van der Waals surface area contributed by atoms with Crippen molar-refractivity contribution < 1.29 is 18.7 Å². The number of hydrogen-bond donors (Lipinski definition) is 1. The quantitative estimate of drug-likeness (QED) is 0.267. The van der Waals surface area contributed by atoms with Gasteiger partial charge < -0.3 is 13.9 Å². The maximum absolute atomic E-state index is 12.3. The summed E-state index contributed by atoms with van der Waals surface area (Å²) in [6.45, 7) is 2.44. The molecule has 0 aliphatic rings. The van der Waals surface area contributed by atoms with Gasteiger partial charge in [-0.3, -0.25) is 4.79 Å². The van der Waals surface area contributed by atoms with Crippen molar-refractivity contribution in [3.05, 3.63) is 56.7 Å². The number of nitrogens with zero attached hydrogens (tertiary/aromatic N) is 1. The number of furan rings is 1. The summed E-state index contributed by atoms with van der Waals surface area (Å²) in [5.41, 5.74) is 3.77.